The van der Waals surface area contributed by atoms with Gasteiger partial charge in [-0.3, -0.25) is 10.6 Å². The van der Waals surface area contributed by atoms with Gasteiger partial charge in [0.05, 0.1) is 11.3 Å². The Labute approximate surface area is 125 Å². The highest BCUT2D eigenvalue weighted by molar-refractivity contribution is 6.31. The number of nitrogens with one attached hydrogen (secondary N) is 2. The molecule has 0 aromatic heterocycles. The minimum Gasteiger partial charge on any atom is -0.352 e. The molecule has 112 valence electrons. The van der Waals surface area contributed by atoms with Crippen LogP contribution >= 0.6 is 11.6 Å². The van der Waals surface area contributed by atoms with E-state index < -0.39 is 0 Å². The van der Waals surface area contributed by atoms with Gasteiger partial charge in [-0.25, -0.2) is 0 Å². The van der Waals surface area contributed by atoms with Crippen LogP contribution in [0.15, 0.2) is 18.2 Å². The summed E-state index contributed by atoms with van der Waals surface area (Å²) in [5, 5.41) is 3.40. The SMILES string of the molecule is CCN(CC)CCCNC(=O)c1cc(Cl)ccc1NN. The Morgan fingerprint density at radius 2 is 2.05 bits per heavy atom. The summed E-state index contributed by atoms with van der Waals surface area (Å²) in [5.41, 5.74) is 3.53. The van der Waals surface area contributed by atoms with Crippen molar-refractivity contribution in [3.63, 3.8) is 0 Å². The molecule has 0 aliphatic heterocycles. The quantitative estimate of drug-likeness (QED) is 0.390. The van der Waals surface area contributed by atoms with Gasteiger partial charge in [0.1, 0.15) is 0 Å². The van der Waals surface area contributed by atoms with Crippen LogP contribution in [0.25, 0.3) is 0 Å². The third-order valence-corrected chi connectivity index (χ3v) is 3.45. The van der Waals surface area contributed by atoms with Crippen LogP contribution in [-0.2, 0) is 0 Å². The van der Waals surface area contributed by atoms with Crippen molar-refractivity contribution in [3.8, 4) is 0 Å². The number of nitrogens with zero attached hydrogens (tertiary/aromatic N) is 1. The molecule has 5 nitrogen and oxygen atoms in total. The van der Waals surface area contributed by atoms with Gasteiger partial charge in [-0.05, 0) is 44.3 Å². The second kappa shape index (κ2) is 8.79. The molecule has 0 saturated heterocycles. The van der Waals surface area contributed by atoms with E-state index in [0.717, 1.165) is 26.1 Å². The fourth-order valence-electron chi connectivity index (χ4n) is 1.97. The highest BCUT2D eigenvalue weighted by Crippen LogP contribution is 2.19. The molecule has 0 fully saturated rings. The van der Waals surface area contributed by atoms with E-state index in [-0.39, 0.29) is 5.91 Å². The third-order valence-electron chi connectivity index (χ3n) is 3.21. The second-order valence-electron chi connectivity index (χ2n) is 4.47. The van der Waals surface area contributed by atoms with Gasteiger partial charge in [0.2, 0.25) is 0 Å². The molecule has 0 unspecified atom stereocenters. The van der Waals surface area contributed by atoms with Crippen molar-refractivity contribution in [2.75, 3.05) is 31.6 Å². The number of carbonyl (C=O) groups excluding carboxylic acids is 1. The predicted octanol–water partition coefficient (Wildman–Crippen LogP) is 2.09. The van der Waals surface area contributed by atoms with Crippen LogP contribution < -0.4 is 16.6 Å². The normalized spacial score (nSPS) is 10.7. The Kier molecular flexibility index (Phi) is 7.36. The zero-order valence-corrected chi connectivity index (χ0v) is 12.8. The molecular weight excluding hydrogens is 276 g/mol. The summed E-state index contributed by atoms with van der Waals surface area (Å²) in [6.45, 7) is 7.93. The van der Waals surface area contributed by atoms with Crippen LogP contribution in [0.5, 0.6) is 0 Å². The van der Waals surface area contributed by atoms with Crippen LogP contribution in [0.2, 0.25) is 5.02 Å². The van der Waals surface area contributed by atoms with Gasteiger partial charge in [0.25, 0.3) is 5.91 Å². The molecule has 1 amide bonds. The molecule has 6 heteroatoms. The van der Waals surface area contributed by atoms with Gasteiger partial charge in [-0.1, -0.05) is 25.4 Å². The number of halogens is 1. The third kappa shape index (κ3) is 5.00. The lowest BCUT2D eigenvalue weighted by Crippen LogP contribution is -2.30. The number of hydrazine groups is 1. The lowest BCUT2D eigenvalue weighted by atomic mass is 10.1. The smallest absolute Gasteiger partial charge is 0.253 e. The van der Waals surface area contributed by atoms with Crippen molar-refractivity contribution >= 4 is 23.2 Å². The van der Waals surface area contributed by atoms with Crippen LogP contribution in [0.3, 0.4) is 0 Å². The van der Waals surface area contributed by atoms with E-state index in [1.54, 1.807) is 18.2 Å². The highest BCUT2D eigenvalue weighted by atomic mass is 35.5. The number of hydrogen-bond acceptors (Lipinski definition) is 4. The maximum atomic E-state index is 12.1. The summed E-state index contributed by atoms with van der Waals surface area (Å²) in [5.74, 6) is 5.22. The molecule has 0 aliphatic carbocycles. The zero-order chi connectivity index (χ0) is 15.0. The first-order chi connectivity index (χ1) is 9.62. The minimum absolute atomic E-state index is 0.167. The van der Waals surface area contributed by atoms with Crippen molar-refractivity contribution in [3.05, 3.63) is 28.8 Å². The number of anilines is 1. The van der Waals surface area contributed by atoms with Gasteiger partial charge in [-0.15, -0.1) is 0 Å². The Morgan fingerprint density at radius 1 is 1.35 bits per heavy atom. The number of benzene rings is 1. The molecule has 0 heterocycles. The van der Waals surface area contributed by atoms with E-state index in [2.05, 4.69) is 29.5 Å². The van der Waals surface area contributed by atoms with E-state index in [9.17, 15) is 4.79 Å². The topological polar surface area (TPSA) is 70.4 Å². The first-order valence-corrected chi connectivity index (χ1v) is 7.26. The summed E-state index contributed by atoms with van der Waals surface area (Å²) in [4.78, 5) is 14.4. The second-order valence-corrected chi connectivity index (χ2v) is 4.91. The van der Waals surface area contributed by atoms with Crippen molar-refractivity contribution < 1.29 is 4.79 Å². The molecule has 0 bridgehead atoms. The number of rotatable bonds is 8. The first-order valence-electron chi connectivity index (χ1n) is 6.89. The number of nitrogens with two attached hydrogens (primary N) is 1. The summed E-state index contributed by atoms with van der Waals surface area (Å²) in [6.07, 6.45) is 0.916. The van der Waals surface area contributed by atoms with Gasteiger partial charge in [-0.2, -0.15) is 0 Å². The Balaban J connectivity index is 2.49. The number of nitrogen functional groups attached to an aromatic ring is 1. The highest BCUT2D eigenvalue weighted by Gasteiger charge is 2.11. The minimum atomic E-state index is -0.167. The lowest BCUT2D eigenvalue weighted by molar-refractivity contribution is 0.0952. The largest absolute Gasteiger partial charge is 0.352 e. The first kappa shape index (κ1) is 16.8. The fraction of sp³-hybridized carbons (Fsp3) is 0.500. The number of amides is 1. The van der Waals surface area contributed by atoms with Gasteiger partial charge >= 0.3 is 0 Å². The fourth-order valence-corrected chi connectivity index (χ4v) is 2.14. The van der Waals surface area contributed by atoms with Gasteiger partial charge < -0.3 is 15.6 Å². The summed E-state index contributed by atoms with van der Waals surface area (Å²) in [6, 6.07) is 4.98. The van der Waals surface area contributed by atoms with Crippen LogP contribution in [0, 0.1) is 0 Å². The van der Waals surface area contributed by atoms with E-state index >= 15 is 0 Å². The van der Waals surface area contributed by atoms with Crippen molar-refractivity contribution in [2.45, 2.75) is 20.3 Å². The van der Waals surface area contributed by atoms with Crippen LogP contribution in [0.4, 0.5) is 5.69 Å². The molecule has 20 heavy (non-hydrogen) atoms. The molecule has 0 atom stereocenters. The Bertz CT molecular complexity index is 435. The molecule has 0 aliphatic rings. The van der Waals surface area contributed by atoms with E-state index in [0.29, 0.717) is 22.8 Å². The molecule has 0 saturated carbocycles. The molecule has 1 aromatic rings. The standard InChI is InChI=1S/C14H23ClN4O/c1-3-19(4-2)9-5-8-17-14(20)12-10-11(15)6-7-13(12)18-16/h6-7,10,18H,3-5,8-9,16H2,1-2H3,(H,17,20). The van der Waals surface area contributed by atoms with Crippen LogP contribution in [-0.4, -0.2) is 37.0 Å². The molecule has 1 rings (SSSR count). The predicted molar refractivity (Wildman–Crippen MR) is 84.0 cm³/mol. The molecule has 0 spiro atoms. The van der Waals surface area contributed by atoms with Gasteiger partial charge in [0.15, 0.2) is 0 Å². The number of carbonyl (C=O) groups is 1. The van der Waals surface area contributed by atoms with Crippen molar-refractivity contribution in [1.82, 2.24) is 10.2 Å². The van der Waals surface area contributed by atoms with E-state index in [4.69, 9.17) is 17.4 Å². The maximum Gasteiger partial charge on any atom is 0.253 e. The number of hydrogen-bond donors (Lipinski definition) is 3. The summed E-state index contributed by atoms with van der Waals surface area (Å²) in [7, 11) is 0. The van der Waals surface area contributed by atoms with Gasteiger partial charge in [0, 0.05) is 11.6 Å². The van der Waals surface area contributed by atoms with Crippen molar-refractivity contribution in [2.24, 2.45) is 5.84 Å². The Hall–Kier alpha value is -1.30. The van der Waals surface area contributed by atoms with E-state index in [1.807, 2.05) is 0 Å². The molecular formula is C14H23ClN4O. The van der Waals surface area contributed by atoms with Crippen molar-refractivity contribution in [1.29, 1.82) is 0 Å². The zero-order valence-electron chi connectivity index (χ0n) is 12.1. The summed E-state index contributed by atoms with van der Waals surface area (Å²) >= 11 is 5.90. The molecule has 0 radical (unpaired) electrons. The monoisotopic (exact) mass is 298 g/mol. The average molecular weight is 299 g/mol. The molecule has 1 aromatic carbocycles. The Morgan fingerprint density at radius 3 is 2.65 bits per heavy atom. The van der Waals surface area contributed by atoms with E-state index in [1.165, 1.54) is 0 Å². The van der Waals surface area contributed by atoms with Crippen LogP contribution in [0.1, 0.15) is 30.6 Å². The maximum absolute atomic E-state index is 12.1. The molecule has 4 N–H and O–H groups in total. The average Bonchev–Trinajstić information content (AvgIpc) is 2.47. The summed E-state index contributed by atoms with van der Waals surface area (Å²) < 4.78 is 0. The lowest BCUT2D eigenvalue weighted by Gasteiger charge is -2.17.